The van der Waals surface area contributed by atoms with Crippen LogP contribution < -0.4 is 10.2 Å². The highest BCUT2D eigenvalue weighted by Crippen LogP contribution is 2.34. The number of hydrogen-bond donors (Lipinski definition) is 1. The van der Waals surface area contributed by atoms with E-state index in [9.17, 15) is 19.2 Å². The normalized spacial score (nSPS) is 12.5. The fourth-order valence-corrected chi connectivity index (χ4v) is 3.91. The lowest BCUT2D eigenvalue weighted by atomic mass is 9.94. The summed E-state index contributed by atoms with van der Waals surface area (Å²) in [4.78, 5) is 48.6. The van der Waals surface area contributed by atoms with E-state index in [4.69, 9.17) is 9.47 Å². The molecule has 0 unspecified atom stereocenters. The quantitative estimate of drug-likeness (QED) is 0.273. The number of azo groups is 1. The van der Waals surface area contributed by atoms with Gasteiger partial charge in [-0.15, -0.1) is 5.11 Å². The van der Waals surface area contributed by atoms with Crippen molar-refractivity contribution in [2.45, 2.75) is 13.8 Å². The molecule has 0 atom stereocenters. The molecule has 0 aromatic heterocycles. The summed E-state index contributed by atoms with van der Waals surface area (Å²) in [6.07, 6.45) is 0. The third-order valence-electron chi connectivity index (χ3n) is 5.56. The van der Waals surface area contributed by atoms with Crippen LogP contribution in [0.2, 0.25) is 0 Å². The van der Waals surface area contributed by atoms with Crippen LogP contribution in [0.5, 0.6) is 0 Å². The highest BCUT2D eigenvalue weighted by atomic mass is 16.5. The van der Waals surface area contributed by atoms with Crippen molar-refractivity contribution in [3.05, 3.63) is 65.7 Å². The Balaban J connectivity index is 1.54. The van der Waals surface area contributed by atoms with E-state index in [1.807, 2.05) is 17.0 Å². The Kier molecular flexibility index (Phi) is 7.33. The van der Waals surface area contributed by atoms with Crippen LogP contribution in [0, 0.1) is 0 Å². The lowest BCUT2D eigenvalue weighted by Crippen LogP contribution is -2.34. The lowest BCUT2D eigenvalue weighted by Gasteiger charge is -2.24. The molecule has 10 heteroatoms. The molecule has 1 N–H and O–H groups in total. The predicted octanol–water partition coefficient (Wildman–Crippen LogP) is 4.07. The second-order valence-electron chi connectivity index (χ2n) is 8.03. The number of nitrogens with zero attached hydrogens (tertiary/aromatic N) is 3. The first-order chi connectivity index (χ1) is 17.3. The number of carbonyl (C=O) groups is 4. The zero-order valence-electron chi connectivity index (χ0n) is 19.8. The Labute approximate surface area is 206 Å². The van der Waals surface area contributed by atoms with Gasteiger partial charge in [-0.2, -0.15) is 5.11 Å². The van der Waals surface area contributed by atoms with E-state index in [-0.39, 0.29) is 25.2 Å². The molecule has 0 aliphatic carbocycles. The van der Waals surface area contributed by atoms with Gasteiger partial charge in [0.15, 0.2) is 0 Å². The topological polar surface area (TPSA) is 127 Å². The Morgan fingerprint density at radius 2 is 1.42 bits per heavy atom. The van der Waals surface area contributed by atoms with Crippen LogP contribution in [0.25, 0.3) is 10.8 Å². The molecule has 36 heavy (non-hydrogen) atoms. The summed E-state index contributed by atoms with van der Waals surface area (Å²) < 4.78 is 10.1. The van der Waals surface area contributed by atoms with Crippen molar-refractivity contribution >= 4 is 51.6 Å². The largest absolute Gasteiger partial charge is 0.464 e. The number of hydrogen-bond acceptors (Lipinski definition) is 9. The van der Waals surface area contributed by atoms with Gasteiger partial charge in [0, 0.05) is 41.4 Å². The number of anilines is 1. The van der Waals surface area contributed by atoms with Crippen molar-refractivity contribution in [3.8, 4) is 0 Å². The van der Waals surface area contributed by atoms with Crippen LogP contribution in [0.1, 0.15) is 34.6 Å². The van der Waals surface area contributed by atoms with Crippen LogP contribution in [0.15, 0.2) is 64.8 Å². The van der Waals surface area contributed by atoms with E-state index in [1.54, 1.807) is 42.5 Å². The van der Waals surface area contributed by atoms with Gasteiger partial charge in [0.25, 0.3) is 11.8 Å². The third kappa shape index (κ3) is 5.54. The molecule has 3 aromatic carbocycles. The maximum atomic E-state index is 12.2. The van der Waals surface area contributed by atoms with Gasteiger partial charge in [0.05, 0.1) is 24.5 Å². The number of amides is 2. The highest BCUT2D eigenvalue weighted by molar-refractivity contribution is 6.26. The number of imide groups is 1. The van der Waals surface area contributed by atoms with Crippen LogP contribution in [-0.4, -0.2) is 50.1 Å². The molecule has 0 spiro atoms. The van der Waals surface area contributed by atoms with Gasteiger partial charge in [-0.1, -0.05) is 12.1 Å². The molecule has 0 saturated carbocycles. The number of ether oxygens (including phenoxy) is 2. The molecule has 3 aromatic rings. The molecule has 10 nitrogen and oxygen atoms in total. The summed E-state index contributed by atoms with van der Waals surface area (Å²) in [5, 5.41) is 12.2. The van der Waals surface area contributed by atoms with Gasteiger partial charge < -0.3 is 14.4 Å². The van der Waals surface area contributed by atoms with E-state index in [0.717, 1.165) is 5.69 Å². The Bertz CT molecular complexity index is 1330. The molecule has 0 saturated heterocycles. The minimum atomic E-state index is -0.435. The molecule has 0 radical (unpaired) electrons. The summed E-state index contributed by atoms with van der Waals surface area (Å²) >= 11 is 0. The molecule has 4 rings (SSSR count). The molecule has 0 fully saturated rings. The minimum absolute atomic E-state index is 0.197. The second kappa shape index (κ2) is 10.8. The number of esters is 2. The first kappa shape index (κ1) is 24.5. The van der Waals surface area contributed by atoms with E-state index < -0.39 is 11.8 Å². The van der Waals surface area contributed by atoms with Gasteiger partial charge in [0.1, 0.15) is 13.2 Å². The van der Waals surface area contributed by atoms with Gasteiger partial charge in [-0.3, -0.25) is 24.5 Å². The van der Waals surface area contributed by atoms with E-state index >= 15 is 0 Å². The standard InChI is InChI=1S/C26H24N4O6/c1-16(31)35-14-12-30(13-15-36-17(2)32)19-8-6-18(7-9-19)28-29-23-11-10-22-24-20(23)4-3-5-21(24)25(33)27-26(22)34/h3-11H,12-15H2,1-2H3,(H,27,33,34). The molecule has 1 aliphatic heterocycles. The summed E-state index contributed by atoms with van der Waals surface area (Å²) in [5.41, 5.74) is 2.80. The maximum absolute atomic E-state index is 12.2. The van der Waals surface area contributed by atoms with Gasteiger partial charge in [-0.05, 0) is 42.5 Å². The smallest absolute Gasteiger partial charge is 0.302 e. The maximum Gasteiger partial charge on any atom is 0.302 e. The van der Waals surface area contributed by atoms with Crippen molar-refractivity contribution < 1.29 is 28.7 Å². The van der Waals surface area contributed by atoms with E-state index in [1.165, 1.54) is 13.8 Å². The van der Waals surface area contributed by atoms with Gasteiger partial charge in [-0.25, -0.2) is 0 Å². The predicted molar refractivity (Wildman–Crippen MR) is 132 cm³/mol. The number of rotatable bonds is 9. The average Bonchev–Trinajstić information content (AvgIpc) is 2.85. The van der Waals surface area contributed by atoms with E-state index in [2.05, 4.69) is 15.5 Å². The monoisotopic (exact) mass is 488 g/mol. The van der Waals surface area contributed by atoms with Crippen LogP contribution in [-0.2, 0) is 19.1 Å². The lowest BCUT2D eigenvalue weighted by molar-refractivity contribution is -0.141. The Hall–Kier alpha value is -4.60. The number of carbonyl (C=O) groups excluding carboxylic acids is 4. The fourth-order valence-electron chi connectivity index (χ4n) is 3.91. The van der Waals surface area contributed by atoms with Gasteiger partial charge >= 0.3 is 11.9 Å². The molecule has 1 aliphatic rings. The Morgan fingerprint density at radius 3 is 2.03 bits per heavy atom. The van der Waals surface area contributed by atoms with Crippen molar-refractivity contribution in [3.63, 3.8) is 0 Å². The van der Waals surface area contributed by atoms with Crippen molar-refractivity contribution in [1.82, 2.24) is 5.32 Å². The zero-order chi connectivity index (χ0) is 25.7. The first-order valence-electron chi connectivity index (χ1n) is 11.3. The van der Waals surface area contributed by atoms with Crippen molar-refractivity contribution in [1.29, 1.82) is 0 Å². The van der Waals surface area contributed by atoms with Crippen LogP contribution in [0.4, 0.5) is 17.1 Å². The SMILES string of the molecule is CC(=O)OCCN(CCOC(C)=O)c1ccc(N=Nc2ccc3c4c(cccc24)C(=O)NC3=O)cc1. The van der Waals surface area contributed by atoms with E-state index in [0.29, 0.717) is 46.4 Å². The number of nitrogens with one attached hydrogen (secondary N) is 1. The zero-order valence-corrected chi connectivity index (χ0v) is 19.8. The third-order valence-corrected chi connectivity index (χ3v) is 5.56. The minimum Gasteiger partial charge on any atom is -0.464 e. The summed E-state index contributed by atoms with van der Waals surface area (Å²) in [6, 6.07) is 15.8. The van der Waals surface area contributed by atoms with Crippen LogP contribution >= 0.6 is 0 Å². The highest BCUT2D eigenvalue weighted by Gasteiger charge is 2.25. The fraction of sp³-hybridized carbons (Fsp3) is 0.231. The molecule has 184 valence electrons. The number of benzene rings is 3. The van der Waals surface area contributed by atoms with Crippen molar-refractivity contribution in [2.24, 2.45) is 10.2 Å². The molecule has 1 heterocycles. The first-order valence-corrected chi connectivity index (χ1v) is 11.3. The summed E-state index contributed by atoms with van der Waals surface area (Å²) in [5.74, 6) is -1.60. The van der Waals surface area contributed by atoms with Gasteiger partial charge in [0.2, 0.25) is 0 Å². The molecular formula is C26H24N4O6. The van der Waals surface area contributed by atoms with Crippen LogP contribution in [0.3, 0.4) is 0 Å². The Morgan fingerprint density at radius 1 is 0.806 bits per heavy atom. The second-order valence-corrected chi connectivity index (χ2v) is 8.03. The average molecular weight is 489 g/mol. The summed E-state index contributed by atoms with van der Waals surface area (Å²) in [6.45, 7) is 3.94. The molecular weight excluding hydrogens is 464 g/mol. The molecule has 2 amide bonds. The van der Waals surface area contributed by atoms with Crippen molar-refractivity contribution in [2.75, 3.05) is 31.2 Å². The molecule has 0 bridgehead atoms. The summed E-state index contributed by atoms with van der Waals surface area (Å²) in [7, 11) is 0.